The zero-order valence-corrected chi connectivity index (χ0v) is 10.4. The van der Waals surface area contributed by atoms with Gasteiger partial charge in [0.25, 0.3) is 5.56 Å². The standard InChI is InChI=1S/C13H11FN2O3/c1-15-7-10(12(18)16(2)13(15)19)11(17)8-3-5-9(14)6-4-8/h3-7H,1-2H3. The van der Waals surface area contributed by atoms with Crippen LogP contribution in [0.3, 0.4) is 0 Å². The first-order valence-electron chi connectivity index (χ1n) is 5.48. The zero-order chi connectivity index (χ0) is 14.2. The first-order chi connectivity index (χ1) is 8.91. The Bertz CT molecular complexity index is 757. The number of halogens is 1. The van der Waals surface area contributed by atoms with Gasteiger partial charge >= 0.3 is 5.69 Å². The Morgan fingerprint density at radius 3 is 2.26 bits per heavy atom. The maximum absolute atomic E-state index is 12.8. The van der Waals surface area contributed by atoms with Crippen molar-refractivity contribution in [1.29, 1.82) is 0 Å². The highest BCUT2D eigenvalue weighted by Crippen LogP contribution is 2.07. The number of hydrogen-bond acceptors (Lipinski definition) is 3. The molecule has 0 N–H and O–H groups in total. The van der Waals surface area contributed by atoms with E-state index in [0.717, 1.165) is 21.3 Å². The molecule has 19 heavy (non-hydrogen) atoms. The molecule has 1 aromatic heterocycles. The lowest BCUT2D eigenvalue weighted by Gasteiger charge is -2.06. The molecule has 0 saturated carbocycles. The quantitative estimate of drug-likeness (QED) is 0.738. The second-order valence-corrected chi connectivity index (χ2v) is 4.14. The average molecular weight is 262 g/mol. The smallest absolute Gasteiger partial charge is 0.303 e. The summed E-state index contributed by atoms with van der Waals surface area (Å²) in [6, 6.07) is 4.86. The minimum absolute atomic E-state index is 0.129. The van der Waals surface area contributed by atoms with Gasteiger partial charge in [0.15, 0.2) is 5.78 Å². The van der Waals surface area contributed by atoms with E-state index in [9.17, 15) is 18.8 Å². The molecule has 0 atom stereocenters. The summed E-state index contributed by atoms with van der Waals surface area (Å²) in [4.78, 5) is 35.5. The number of rotatable bonds is 2. The predicted molar refractivity (Wildman–Crippen MR) is 66.8 cm³/mol. The first kappa shape index (κ1) is 12.9. The Hall–Kier alpha value is -2.50. The number of nitrogens with zero attached hydrogens (tertiary/aromatic N) is 2. The fourth-order valence-corrected chi connectivity index (χ4v) is 1.72. The van der Waals surface area contributed by atoms with Crippen molar-refractivity contribution in [1.82, 2.24) is 9.13 Å². The van der Waals surface area contributed by atoms with Crippen LogP contribution in [-0.2, 0) is 14.1 Å². The molecule has 0 bridgehead atoms. The second-order valence-electron chi connectivity index (χ2n) is 4.14. The van der Waals surface area contributed by atoms with Crippen molar-refractivity contribution in [3.63, 3.8) is 0 Å². The summed E-state index contributed by atoms with van der Waals surface area (Å²) >= 11 is 0. The number of aromatic nitrogens is 2. The Balaban J connectivity index is 2.60. The van der Waals surface area contributed by atoms with Crippen molar-refractivity contribution in [2.75, 3.05) is 0 Å². The molecule has 0 fully saturated rings. The summed E-state index contributed by atoms with van der Waals surface area (Å²) < 4.78 is 14.8. The van der Waals surface area contributed by atoms with Crippen LogP contribution in [-0.4, -0.2) is 14.9 Å². The molecule has 6 heteroatoms. The minimum Gasteiger partial charge on any atom is -0.303 e. The van der Waals surface area contributed by atoms with E-state index in [2.05, 4.69) is 0 Å². The predicted octanol–water partition coefficient (Wildman–Crippen LogP) is 0.454. The van der Waals surface area contributed by atoms with Crippen LogP contribution in [0.25, 0.3) is 0 Å². The van der Waals surface area contributed by atoms with Crippen LogP contribution in [0.15, 0.2) is 40.1 Å². The van der Waals surface area contributed by atoms with Crippen molar-refractivity contribution in [2.24, 2.45) is 14.1 Å². The zero-order valence-electron chi connectivity index (χ0n) is 10.4. The highest BCUT2D eigenvalue weighted by atomic mass is 19.1. The van der Waals surface area contributed by atoms with Crippen LogP contribution < -0.4 is 11.2 Å². The molecule has 0 saturated heterocycles. The number of carbonyl (C=O) groups excluding carboxylic acids is 1. The van der Waals surface area contributed by atoms with E-state index in [-0.39, 0.29) is 11.1 Å². The molecule has 0 unspecified atom stereocenters. The number of hydrogen-bond donors (Lipinski definition) is 0. The monoisotopic (exact) mass is 262 g/mol. The highest BCUT2D eigenvalue weighted by Gasteiger charge is 2.16. The maximum Gasteiger partial charge on any atom is 0.330 e. The molecule has 5 nitrogen and oxygen atoms in total. The van der Waals surface area contributed by atoms with Crippen LogP contribution in [0.2, 0.25) is 0 Å². The van der Waals surface area contributed by atoms with Gasteiger partial charge in [-0.3, -0.25) is 14.2 Å². The molecule has 0 spiro atoms. The van der Waals surface area contributed by atoms with Crippen molar-refractivity contribution < 1.29 is 9.18 Å². The maximum atomic E-state index is 12.8. The van der Waals surface area contributed by atoms with Crippen LogP contribution in [0.5, 0.6) is 0 Å². The molecular formula is C13H11FN2O3. The number of carbonyl (C=O) groups is 1. The van der Waals surface area contributed by atoms with E-state index in [1.165, 1.54) is 32.4 Å². The summed E-state index contributed by atoms with van der Waals surface area (Å²) in [6.07, 6.45) is 1.19. The molecule has 0 amide bonds. The third-order valence-corrected chi connectivity index (χ3v) is 2.80. The molecule has 1 aromatic carbocycles. The number of benzene rings is 1. The first-order valence-corrected chi connectivity index (χ1v) is 5.48. The molecule has 98 valence electrons. The number of aryl methyl sites for hydroxylation is 1. The van der Waals surface area contributed by atoms with Gasteiger partial charge in [0, 0.05) is 25.9 Å². The fourth-order valence-electron chi connectivity index (χ4n) is 1.72. The van der Waals surface area contributed by atoms with Crippen LogP contribution in [0.4, 0.5) is 4.39 Å². The minimum atomic E-state index is -0.669. The Labute approximate surface area is 107 Å². The Kier molecular flexibility index (Phi) is 3.16. The van der Waals surface area contributed by atoms with E-state index < -0.39 is 22.8 Å². The van der Waals surface area contributed by atoms with Gasteiger partial charge in [-0.25, -0.2) is 9.18 Å². The molecular weight excluding hydrogens is 251 g/mol. The molecule has 2 rings (SSSR count). The van der Waals surface area contributed by atoms with Gasteiger partial charge in [0.05, 0.1) is 0 Å². The molecule has 0 aliphatic heterocycles. The third kappa shape index (κ3) is 2.24. The van der Waals surface area contributed by atoms with Gasteiger partial charge in [-0.2, -0.15) is 0 Å². The lowest BCUT2D eigenvalue weighted by Crippen LogP contribution is -2.39. The average Bonchev–Trinajstić information content (AvgIpc) is 2.40. The van der Waals surface area contributed by atoms with Gasteiger partial charge in [0.1, 0.15) is 11.4 Å². The summed E-state index contributed by atoms with van der Waals surface area (Å²) in [5, 5.41) is 0. The molecule has 0 aliphatic carbocycles. The molecule has 1 heterocycles. The number of ketones is 1. The topological polar surface area (TPSA) is 61.1 Å². The van der Waals surface area contributed by atoms with Crippen molar-refractivity contribution in [3.8, 4) is 0 Å². The summed E-state index contributed by atoms with van der Waals surface area (Å²) in [5.74, 6) is -1.01. The summed E-state index contributed by atoms with van der Waals surface area (Å²) in [7, 11) is 2.75. The van der Waals surface area contributed by atoms with E-state index in [1.54, 1.807) is 0 Å². The van der Waals surface area contributed by atoms with E-state index in [1.807, 2.05) is 0 Å². The second kappa shape index (κ2) is 4.64. The van der Waals surface area contributed by atoms with Gasteiger partial charge in [-0.05, 0) is 24.3 Å². The van der Waals surface area contributed by atoms with E-state index >= 15 is 0 Å². The summed E-state index contributed by atoms with van der Waals surface area (Å²) in [6.45, 7) is 0. The SMILES string of the molecule is Cn1cc(C(=O)c2ccc(F)cc2)c(=O)n(C)c1=O. The lowest BCUT2D eigenvalue weighted by molar-refractivity contribution is 0.103. The van der Waals surface area contributed by atoms with E-state index in [4.69, 9.17) is 0 Å². The van der Waals surface area contributed by atoms with Crippen molar-refractivity contribution in [3.05, 3.63) is 68.2 Å². The van der Waals surface area contributed by atoms with Gasteiger partial charge in [0.2, 0.25) is 0 Å². The molecule has 2 aromatic rings. The third-order valence-electron chi connectivity index (χ3n) is 2.80. The Morgan fingerprint density at radius 1 is 1.11 bits per heavy atom. The summed E-state index contributed by atoms with van der Waals surface area (Å²) in [5.41, 5.74) is -1.12. The fraction of sp³-hybridized carbons (Fsp3) is 0.154. The van der Waals surface area contributed by atoms with Crippen LogP contribution in [0, 0.1) is 5.82 Å². The lowest BCUT2D eigenvalue weighted by atomic mass is 10.1. The molecule has 0 aliphatic rings. The van der Waals surface area contributed by atoms with Crippen LogP contribution in [0.1, 0.15) is 15.9 Å². The van der Waals surface area contributed by atoms with Crippen molar-refractivity contribution in [2.45, 2.75) is 0 Å². The van der Waals surface area contributed by atoms with Crippen molar-refractivity contribution >= 4 is 5.78 Å². The Morgan fingerprint density at radius 2 is 1.68 bits per heavy atom. The van der Waals surface area contributed by atoms with Gasteiger partial charge in [-0.1, -0.05) is 0 Å². The van der Waals surface area contributed by atoms with Gasteiger partial charge in [-0.15, -0.1) is 0 Å². The highest BCUT2D eigenvalue weighted by molar-refractivity contribution is 6.08. The molecule has 0 radical (unpaired) electrons. The van der Waals surface area contributed by atoms with Gasteiger partial charge < -0.3 is 4.57 Å². The normalized spacial score (nSPS) is 10.5. The van der Waals surface area contributed by atoms with E-state index in [0.29, 0.717) is 0 Å². The van der Waals surface area contributed by atoms with Crippen LogP contribution >= 0.6 is 0 Å². The largest absolute Gasteiger partial charge is 0.330 e.